The number of nitrogens with zero attached hydrogens (tertiary/aromatic N) is 2. The van der Waals surface area contributed by atoms with Crippen molar-refractivity contribution < 1.29 is 9.90 Å². The van der Waals surface area contributed by atoms with Crippen molar-refractivity contribution in [1.29, 1.82) is 0 Å². The highest BCUT2D eigenvalue weighted by atomic mass is 16.4. The molecule has 4 aromatic rings. The van der Waals surface area contributed by atoms with E-state index in [2.05, 4.69) is 15.3 Å². The molecule has 2 aromatic carbocycles. The fourth-order valence-corrected chi connectivity index (χ4v) is 3.09. The van der Waals surface area contributed by atoms with Gasteiger partial charge in [-0.3, -0.25) is 4.98 Å². The molecule has 4 rings (SSSR count). The number of anilines is 2. The van der Waals surface area contributed by atoms with Crippen LogP contribution in [0.4, 0.5) is 11.5 Å². The third-order valence-electron chi connectivity index (χ3n) is 4.43. The number of carbonyl (C=O) groups is 1. The van der Waals surface area contributed by atoms with Gasteiger partial charge in [-0.1, -0.05) is 30.3 Å². The van der Waals surface area contributed by atoms with E-state index < -0.39 is 5.97 Å². The lowest BCUT2D eigenvalue weighted by Gasteiger charge is -2.15. The largest absolute Gasteiger partial charge is 0.478 e. The fourth-order valence-electron chi connectivity index (χ4n) is 3.09. The molecule has 0 spiro atoms. The highest BCUT2D eigenvalue weighted by molar-refractivity contribution is 5.92. The van der Waals surface area contributed by atoms with Crippen LogP contribution in [-0.2, 0) is 6.42 Å². The minimum atomic E-state index is -0.950. The summed E-state index contributed by atoms with van der Waals surface area (Å²) in [7, 11) is 0. The number of nitrogens with one attached hydrogen (secondary N) is 1. The molecule has 0 aliphatic rings. The molecular formula is C22H17N3O2. The number of hydrogen-bond acceptors (Lipinski definition) is 4. The second kappa shape index (κ2) is 7.25. The van der Waals surface area contributed by atoms with Crippen LogP contribution in [0.1, 0.15) is 21.5 Å². The number of rotatable bonds is 5. The average Bonchev–Trinajstić information content (AvgIpc) is 2.70. The van der Waals surface area contributed by atoms with E-state index in [1.54, 1.807) is 30.7 Å². The number of carboxylic acid groups (broad SMARTS) is 1. The predicted molar refractivity (Wildman–Crippen MR) is 105 cm³/mol. The van der Waals surface area contributed by atoms with Crippen molar-refractivity contribution in [1.82, 2.24) is 9.97 Å². The number of hydrogen-bond donors (Lipinski definition) is 2. The Morgan fingerprint density at radius 1 is 0.963 bits per heavy atom. The van der Waals surface area contributed by atoms with Crippen LogP contribution >= 0.6 is 0 Å². The lowest BCUT2D eigenvalue weighted by atomic mass is 9.98. The first-order valence-electron chi connectivity index (χ1n) is 8.56. The smallest absolute Gasteiger partial charge is 0.336 e. The van der Waals surface area contributed by atoms with Crippen molar-refractivity contribution in [3.8, 4) is 0 Å². The van der Waals surface area contributed by atoms with Crippen molar-refractivity contribution in [3.05, 3.63) is 95.9 Å². The predicted octanol–water partition coefficient (Wildman–Crippen LogP) is 4.66. The van der Waals surface area contributed by atoms with Gasteiger partial charge in [-0.15, -0.1) is 0 Å². The summed E-state index contributed by atoms with van der Waals surface area (Å²) in [6, 6.07) is 18.9. The van der Waals surface area contributed by atoms with Gasteiger partial charge in [0.25, 0.3) is 0 Å². The number of pyridine rings is 2. The first-order chi connectivity index (χ1) is 13.2. The summed E-state index contributed by atoms with van der Waals surface area (Å²) in [4.78, 5) is 20.2. The standard InChI is InChI=1S/C22H17N3O2/c26-22(27)18-6-3-7-20(19(18)12-15-8-10-23-11-9-15)25-21-13-16-4-1-2-5-17(16)14-24-21/h1-11,13-14H,12H2,(H,24,25)(H,26,27). The van der Waals surface area contributed by atoms with Gasteiger partial charge in [0.1, 0.15) is 5.82 Å². The fraction of sp³-hybridized carbons (Fsp3) is 0.0455. The summed E-state index contributed by atoms with van der Waals surface area (Å²) in [5.74, 6) is -0.276. The Kier molecular flexibility index (Phi) is 4.49. The third-order valence-corrected chi connectivity index (χ3v) is 4.43. The van der Waals surface area contributed by atoms with Crippen LogP contribution in [-0.4, -0.2) is 21.0 Å². The molecule has 5 heteroatoms. The zero-order valence-corrected chi connectivity index (χ0v) is 14.5. The van der Waals surface area contributed by atoms with E-state index in [9.17, 15) is 9.90 Å². The summed E-state index contributed by atoms with van der Waals surface area (Å²) >= 11 is 0. The molecule has 0 saturated carbocycles. The highest BCUT2D eigenvalue weighted by Crippen LogP contribution is 2.27. The summed E-state index contributed by atoms with van der Waals surface area (Å²) < 4.78 is 0. The molecule has 0 aliphatic heterocycles. The Hall–Kier alpha value is -3.73. The summed E-state index contributed by atoms with van der Waals surface area (Å²) in [5, 5.41) is 15.0. The maximum Gasteiger partial charge on any atom is 0.336 e. The molecule has 0 radical (unpaired) electrons. The molecule has 0 fully saturated rings. The molecular weight excluding hydrogens is 338 g/mol. The Balaban J connectivity index is 1.74. The second-order valence-electron chi connectivity index (χ2n) is 6.21. The number of aromatic carboxylic acids is 1. The molecule has 27 heavy (non-hydrogen) atoms. The van der Waals surface area contributed by atoms with Gasteiger partial charge in [0, 0.05) is 36.1 Å². The summed E-state index contributed by atoms with van der Waals surface area (Å²) in [6.45, 7) is 0. The van der Waals surface area contributed by atoms with Crippen molar-refractivity contribution >= 4 is 28.2 Å². The summed E-state index contributed by atoms with van der Waals surface area (Å²) in [5.41, 5.74) is 2.71. The topological polar surface area (TPSA) is 75.1 Å². The van der Waals surface area contributed by atoms with E-state index in [-0.39, 0.29) is 5.56 Å². The summed E-state index contributed by atoms with van der Waals surface area (Å²) in [6.07, 6.45) is 5.70. The van der Waals surface area contributed by atoms with Gasteiger partial charge < -0.3 is 10.4 Å². The number of benzene rings is 2. The zero-order valence-electron chi connectivity index (χ0n) is 14.5. The highest BCUT2D eigenvalue weighted by Gasteiger charge is 2.15. The minimum absolute atomic E-state index is 0.276. The van der Waals surface area contributed by atoms with E-state index in [0.717, 1.165) is 22.0 Å². The van der Waals surface area contributed by atoms with Gasteiger partial charge in [0.2, 0.25) is 0 Å². The average molecular weight is 355 g/mol. The molecule has 0 amide bonds. The van der Waals surface area contributed by atoms with Gasteiger partial charge in [-0.2, -0.15) is 0 Å². The number of aromatic nitrogens is 2. The molecule has 0 saturated heterocycles. The third kappa shape index (κ3) is 3.62. The van der Waals surface area contributed by atoms with Crippen LogP contribution in [0.5, 0.6) is 0 Å². The van der Waals surface area contributed by atoms with Crippen LogP contribution in [0, 0.1) is 0 Å². The molecule has 0 aliphatic carbocycles. The van der Waals surface area contributed by atoms with Crippen LogP contribution < -0.4 is 5.32 Å². The quantitative estimate of drug-likeness (QED) is 0.544. The Morgan fingerprint density at radius 2 is 1.74 bits per heavy atom. The SMILES string of the molecule is O=C(O)c1cccc(Nc2cc3ccccc3cn2)c1Cc1ccncc1. The number of carboxylic acids is 1. The van der Waals surface area contributed by atoms with Crippen molar-refractivity contribution in [3.63, 3.8) is 0 Å². The van der Waals surface area contributed by atoms with Gasteiger partial charge in [-0.05, 0) is 46.8 Å². The van der Waals surface area contributed by atoms with E-state index in [4.69, 9.17) is 0 Å². The lowest BCUT2D eigenvalue weighted by Crippen LogP contribution is -2.07. The minimum Gasteiger partial charge on any atom is -0.478 e. The lowest BCUT2D eigenvalue weighted by molar-refractivity contribution is 0.0696. The molecule has 0 bridgehead atoms. The Bertz CT molecular complexity index is 1110. The van der Waals surface area contributed by atoms with Crippen LogP contribution in [0.3, 0.4) is 0 Å². The van der Waals surface area contributed by atoms with Gasteiger partial charge in [0.05, 0.1) is 5.56 Å². The zero-order chi connectivity index (χ0) is 18.6. The van der Waals surface area contributed by atoms with E-state index in [1.165, 1.54) is 0 Å². The van der Waals surface area contributed by atoms with Crippen molar-refractivity contribution in [2.45, 2.75) is 6.42 Å². The maximum absolute atomic E-state index is 11.7. The van der Waals surface area contributed by atoms with Gasteiger partial charge >= 0.3 is 5.97 Å². The van der Waals surface area contributed by atoms with Gasteiger partial charge in [-0.25, -0.2) is 9.78 Å². The number of fused-ring (bicyclic) bond motifs is 1. The van der Waals surface area contributed by atoms with Crippen LogP contribution in [0.25, 0.3) is 10.8 Å². The van der Waals surface area contributed by atoms with Crippen LogP contribution in [0.2, 0.25) is 0 Å². The van der Waals surface area contributed by atoms with Gasteiger partial charge in [0.15, 0.2) is 0 Å². The maximum atomic E-state index is 11.7. The molecule has 2 heterocycles. The molecule has 2 N–H and O–H groups in total. The second-order valence-corrected chi connectivity index (χ2v) is 6.21. The van der Waals surface area contributed by atoms with E-state index in [1.807, 2.05) is 48.5 Å². The molecule has 0 atom stereocenters. The molecule has 0 unspecified atom stereocenters. The van der Waals surface area contributed by atoms with Crippen molar-refractivity contribution in [2.75, 3.05) is 5.32 Å². The normalized spacial score (nSPS) is 10.7. The van der Waals surface area contributed by atoms with E-state index in [0.29, 0.717) is 17.8 Å². The molecule has 132 valence electrons. The monoisotopic (exact) mass is 355 g/mol. The Morgan fingerprint density at radius 3 is 2.52 bits per heavy atom. The molecule has 2 aromatic heterocycles. The van der Waals surface area contributed by atoms with Crippen LogP contribution in [0.15, 0.2) is 79.3 Å². The first kappa shape index (κ1) is 16.7. The first-order valence-corrected chi connectivity index (χ1v) is 8.56. The van der Waals surface area contributed by atoms with Crippen molar-refractivity contribution in [2.24, 2.45) is 0 Å². The molecule has 5 nitrogen and oxygen atoms in total. The van der Waals surface area contributed by atoms with E-state index >= 15 is 0 Å². The Labute approximate surface area is 156 Å².